The summed E-state index contributed by atoms with van der Waals surface area (Å²) >= 11 is 0. The maximum atomic E-state index is 12.0. The molecule has 2 atom stereocenters. The Morgan fingerprint density at radius 3 is 2.29 bits per heavy atom. The largest absolute Gasteiger partial charge is 0.356 e. The van der Waals surface area contributed by atoms with Crippen molar-refractivity contribution < 1.29 is 4.79 Å². The summed E-state index contributed by atoms with van der Waals surface area (Å²) in [4.78, 5) is 12.0. The van der Waals surface area contributed by atoms with Crippen LogP contribution in [0.25, 0.3) is 0 Å². The molecule has 1 aromatic carbocycles. The van der Waals surface area contributed by atoms with E-state index in [0.29, 0.717) is 11.8 Å². The molecule has 2 nitrogen and oxygen atoms in total. The summed E-state index contributed by atoms with van der Waals surface area (Å²) in [6.45, 7) is 2.74. The van der Waals surface area contributed by atoms with Gasteiger partial charge in [0.2, 0.25) is 5.91 Å². The molecule has 2 unspecified atom stereocenters. The lowest BCUT2D eigenvalue weighted by atomic mass is 9.79. The van der Waals surface area contributed by atoms with Crippen LogP contribution in [0.1, 0.15) is 49.1 Å². The first-order valence-corrected chi connectivity index (χ1v) is 6.66. The Labute approximate surface area is 102 Å². The summed E-state index contributed by atoms with van der Waals surface area (Å²) < 4.78 is 0. The van der Waals surface area contributed by atoms with E-state index in [1.807, 2.05) is 6.92 Å². The van der Waals surface area contributed by atoms with Gasteiger partial charge in [-0.05, 0) is 49.1 Å². The van der Waals surface area contributed by atoms with Gasteiger partial charge >= 0.3 is 0 Å². The third kappa shape index (κ3) is 1.76. The van der Waals surface area contributed by atoms with E-state index in [1.165, 1.54) is 17.5 Å². The van der Waals surface area contributed by atoms with Crippen LogP contribution in [-0.2, 0) is 4.79 Å². The molecule has 2 bridgehead atoms. The molecule has 1 N–H and O–H groups in total. The van der Waals surface area contributed by atoms with Gasteiger partial charge in [-0.2, -0.15) is 0 Å². The van der Waals surface area contributed by atoms with E-state index in [0.717, 1.165) is 19.4 Å². The van der Waals surface area contributed by atoms with Gasteiger partial charge in [0.15, 0.2) is 0 Å². The van der Waals surface area contributed by atoms with Crippen molar-refractivity contribution in [2.75, 3.05) is 6.54 Å². The fraction of sp³-hybridized carbons (Fsp3) is 0.533. The normalized spacial score (nSPS) is 29.8. The Morgan fingerprint density at radius 1 is 1.18 bits per heavy atom. The van der Waals surface area contributed by atoms with Crippen molar-refractivity contribution in [3.05, 3.63) is 35.4 Å². The highest BCUT2D eigenvalue weighted by Gasteiger charge is 2.40. The van der Waals surface area contributed by atoms with E-state index in [4.69, 9.17) is 0 Å². The second kappa shape index (κ2) is 4.17. The van der Waals surface area contributed by atoms with Crippen LogP contribution < -0.4 is 5.32 Å². The van der Waals surface area contributed by atoms with Crippen LogP contribution in [0, 0.1) is 5.92 Å². The Hall–Kier alpha value is -1.31. The third-order valence-electron chi connectivity index (χ3n) is 4.30. The summed E-state index contributed by atoms with van der Waals surface area (Å²) in [5.74, 6) is 1.73. The van der Waals surface area contributed by atoms with Crippen molar-refractivity contribution >= 4 is 5.91 Å². The topological polar surface area (TPSA) is 29.1 Å². The minimum absolute atomic E-state index is 0.228. The summed E-state index contributed by atoms with van der Waals surface area (Å²) in [6.07, 6.45) is 3.34. The van der Waals surface area contributed by atoms with Crippen molar-refractivity contribution in [2.24, 2.45) is 5.92 Å². The van der Waals surface area contributed by atoms with E-state index in [2.05, 4.69) is 29.6 Å². The van der Waals surface area contributed by atoms with Crippen molar-refractivity contribution in [2.45, 2.75) is 38.0 Å². The predicted octanol–water partition coefficient (Wildman–Crippen LogP) is 2.80. The zero-order chi connectivity index (χ0) is 11.8. The van der Waals surface area contributed by atoms with Gasteiger partial charge in [0, 0.05) is 12.5 Å². The summed E-state index contributed by atoms with van der Waals surface area (Å²) in [5, 5.41) is 2.97. The lowest BCUT2D eigenvalue weighted by Crippen LogP contribution is -2.33. The van der Waals surface area contributed by atoms with Gasteiger partial charge in [0.25, 0.3) is 0 Å². The minimum Gasteiger partial charge on any atom is -0.356 e. The molecular formula is C15H19NO. The Kier molecular flexibility index (Phi) is 2.65. The zero-order valence-corrected chi connectivity index (χ0v) is 10.3. The van der Waals surface area contributed by atoms with E-state index in [1.54, 1.807) is 0 Å². The molecule has 0 radical (unpaired) electrons. The molecule has 2 aliphatic rings. The maximum absolute atomic E-state index is 12.0. The number of amides is 1. The van der Waals surface area contributed by atoms with Crippen LogP contribution in [-0.4, -0.2) is 12.5 Å². The number of carbonyl (C=O) groups is 1. The number of carbonyl (C=O) groups excluding carboxylic acids is 1. The van der Waals surface area contributed by atoms with Crippen LogP contribution >= 0.6 is 0 Å². The van der Waals surface area contributed by atoms with Crippen molar-refractivity contribution in [3.8, 4) is 0 Å². The number of nitrogens with one attached hydrogen (secondary N) is 1. The van der Waals surface area contributed by atoms with Crippen LogP contribution in [0.3, 0.4) is 0 Å². The number of hydrogen-bond donors (Lipinski definition) is 1. The number of fused-ring (bicyclic) bond motifs is 5. The average Bonchev–Trinajstić information content (AvgIpc) is 2.62. The molecule has 1 fully saturated rings. The fourth-order valence-electron chi connectivity index (χ4n) is 3.61. The summed E-state index contributed by atoms with van der Waals surface area (Å²) in [5.41, 5.74) is 3.01. The standard InChI is InChI=1S/C15H19NO/c1-2-16-15(17)12-8-10-7-11(9-12)14-6-4-3-5-13(10)14/h3-6,10-12H,2,7-9H2,1H3,(H,16,17). The molecule has 0 spiro atoms. The summed E-state index contributed by atoms with van der Waals surface area (Å²) in [7, 11) is 0. The van der Waals surface area contributed by atoms with Gasteiger partial charge in [-0.3, -0.25) is 4.79 Å². The van der Waals surface area contributed by atoms with E-state index in [9.17, 15) is 4.79 Å². The van der Waals surface area contributed by atoms with Crippen molar-refractivity contribution in [1.29, 1.82) is 0 Å². The van der Waals surface area contributed by atoms with Gasteiger partial charge < -0.3 is 5.32 Å². The maximum Gasteiger partial charge on any atom is 0.223 e. The Morgan fingerprint density at radius 2 is 1.76 bits per heavy atom. The average molecular weight is 229 g/mol. The van der Waals surface area contributed by atoms with Gasteiger partial charge in [-0.15, -0.1) is 0 Å². The Balaban J connectivity index is 1.83. The molecule has 17 heavy (non-hydrogen) atoms. The van der Waals surface area contributed by atoms with E-state index >= 15 is 0 Å². The van der Waals surface area contributed by atoms with Crippen LogP contribution in [0.2, 0.25) is 0 Å². The smallest absolute Gasteiger partial charge is 0.223 e. The first kappa shape index (κ1) is 10.8. The van der Waals surface area contributed by atoms with E-state index in [-0.39, 0.29) is 11.8 Å². The molecule has 2 aliphatic carbocycles. The monoisotopic (exact) mass is 229 g/mol. The van der Waals surface area contributed by atoms with Crippen LogP contribution in [0.15, 0.2) is 24.3 Å². The molecule has 90 valence electrons. The highest BCUT2D eigenvalue weighted by atomic mass is 16.1. The molecule has 3 rings (SSSR count). The molecular weight excluding hydrogens is 210 g/mol. The molecule has 2 heteroatoms. The number of hydrogen-bond acceptors (Lipinski definition) is 1. The molecule has 0 aliphatic heterocycles. The van der Waals surface area contributed by atoms with Crippen LogP contribution in [0.4, 0.5) is 0 Å². The predicted molar refractivity (Wildman–Crippen MR) is 67.9 cm³/mol. The molecule has 1 amide bonds. The first-order chi connectivity index (χ1) is 8.29. The molecule has 1 aromatic rings. The number of benzene rings is 1. The van der Waals surface area contributed by atoms with E-state index < -0.39 is 0 Å². The zero-order valence-electron chi connectivity index (χ0n) is 10.3. The fourth-order valence-corrected chi connectivity index (χ4v) is 3.61. The quantitative estimate of drug-likeness (QED) is 0.830. The third-order valence-corrected chi connectivity index (χ3v) is 4.30. The van der Waals surface area contributed by atoms with Gasteiger partial charge in [-0.25, -0.2) is 0 Å². The first-order valence-electron chi connectivity index (χ1n) is 6.66. The Bertz CT molecular complexity index is 409. The van der Waals surface area contributed by atoms with Gasteiger partial charge in [-0.1, -0.05) is 24.3 Å². The van der Waals surface area contributed by atoms with Gasteiger partial charge in [0.1, 0.15) is 0 Å². The molecule has 0 heterocycles. The second-order valence-corrected chi connectivity index (χ2v) is 5.32. The SMILES string of the molecule is CCNC(=O)C1CC2CC(C1)c1ccccc12. The van der Waals surface area contributed by atoms with Crippen molar-refractivity contribution in [3.63, 3.8) is 0 Å². The van der Waals surface area contributed by atoms with Crippen molar-refractivity contribution in [1.82, 2.24) is 5.32 Å². The summed E-state index contributed by atoms with van der Waals surface area (Å²) in [6, 6.07) is 8.75. The highest BCUT2D eigenvalue weighted by molar-refractivity contribution is 5.79. The molecule has 0 aromatic heterocycles. The lowest BCUT2D eigenvalue weighted by Gasteiger charge is -2.27. The van der Waals surface area contributed by atoms with Crippen LogP contribution in [0.5, 0.6) is 0 Å². The molecule has 0 saturated heterocycles. The molecule has 1 saturated carbocycles. The lowest BCUT2D eigenvalue weighted by molar-refractivity contribution is -0.126. The van der Waals surface area contributed by atoms with Gasteiger partial charge in [0.05, 0.1) is 0 Å². The second-order valence-electron chi connectivity index (χ2n) is 5.32. The minimum atomic E-state index is 0.228. The number of rotatable bonds is 2. The highest BCUT2D eigenvalue weighted by Crippen LogP contribution is 2.52.